The van der Waals surface area contributed by atoms with Gasteiger partial charge in [0.2, 0.25) is 0 Å². The quantitative estimate of drug-likeness (QED) is 0.284. The second kappa shape index (κ2) is 12.0. The molecule has 0 bridgehead atoms. The van der Waals surface area contributed by atoms with Crippen LogP contribution in [0.15, 0.2) is 0 Å². The Kier molecular flexibility index (Phi) is 12.9. The Labute approximate surface area is 134 Å². The minimum Gasteiger partial charge on any atom is -0.465 e. The number of hydrogen-bond acceptors (Lipinski definition) is 7. The van der Waals surface area contributed by atoms with Crippen molar-refractivity contribution in [2.24, 2.45) is 5.92 Å². The molecule has 0 heterocycles. The molecule has 0 fully saturated rings. The van der Waals surface area contributed by atoms with Gasteiger partial charge in [0.05, 0.1) is 18.8 Å². The molecule has 1 N–H and O–H groups in total. The van der Waals surface area contributed by atoms with E-state index in [9.17, 15) is 13.2 Å². The summed E-state index contributed by atoms with van der Waals surface area (Å²) < 4.78 is 46.8. The maximum atomic E-state index is 11.4. The molecule has 1 atom stereocenters. The van der Waals surface area contributed by atoms with Crippen molar-refractivity contribution < 1.29 is 35.8 Å². The van der Waals surface area contributed by atoms with Crippen LogP contribution in [-0.4, -0.2) is 61.9 Å². The van der Waals surface area contributed by atoms with Crippen molar-refractivity contribution in [2.45, 2.75) is 32.7 Å². The summed E-state index contributed by atoms with van der Waals surface area (Å²) >= 11 is 0. The standard InChI is InChI=1S/C11H24O5Si.CH4O3S/c1-6-10(2)11(12)16-8-7-9-17(13-3,14-4)15-5;1-5(2,3)4/h10H,6-9H2,1-5H3;1H3,(H,2,3,4). The highest BCUT2D eigenvalue weighted by atomic mass is 32.2. The second-order valence-electron chi connectivity index (χ2n) is 4.61. The third kappa shape index (κ3) is 13.2. The van der Waals surface area contributed by atoms with Crippen LogP contribution in [0.25, 0.3) is 0 Å². The number of ether oxygens (including phenoxy) is 1. The summed E-state index contributed by atoms with van der Waals surface area (Å²) in [5.41, 5.74) is 0. The average molecular weight is 361 g/mol. The Morgan fingerprint density at radius 1 is 1.18 bits per heavy atom. The van der Waals surface area contributed by atoms with Gasteiger partial charge in [0.1, 0.15) is 0 Å². The molecule has 0 aromatic carbocycles. The first-order valence-electron chi connectivity index (χ1n) is 6.79. The van der Waals surface area contributed by atoms with Gasteiger partial charge in [-0.2, -0.15) is 8.42 Å². The summed E-state index contributed by atoms with van der Waals surface area (Å²) in [5.74, 6) is -0.184. The van der Waals surface area contributed by atoms with Crippen LogP contribution in [-0.2, 0) is 32.9 Å². The van der Waals surface area contributed by atoms with Crippen LogP contribution < -0.4 is 0 Å². The molecule has 0 amide bonds. The predicted octanol–water partition coefficient (Wildman–Crippen LogP) is 1.35. The molecule has 8 nitrogen and oxygen atoms in total. The maximum absolute atomic E-state index is 11.4. The van der Waals surface area contributed by atoms with E-state index >= 15 is 0 Å². The summed E-state index contributed by atoms with van der Waals surface area (Å²) in [7, 11) is -1.46. The van der Waals surface area contributed by atoms with Gasteiger partial charge in [0.25, 0.3) is 10.1 Å². The van der Waals surface area contributed by atoms with E-state index in [-0.39, 0.29) is 11.9 Å². The highest BCUT2D eigenvalue weighted by Crippen LogP contribution is 2.15. The Bertz CT molecular complexity index is 378. The van der Waals surface area contributed by atoms with Gasteiger partial charge in [-0.05, 0) is 12.8 Å². The van der Waals surface area contributed by atoms with Gasteiger partial charge in [0.15, 0.2) is 0 Å². The van der Waals surface area contributed by atoms with Gasteiger partial charge in [-0.15, -0.1) is 0 Å². The average Bonchev–Trinajstić information content (AvgIpc) is 2.45. The lowest BCUT2D eigenvalue weighted by Crippen LogP contribution is -2.42. The third-order valence-electron chi connectivity index (χ3n) is 2.82. The lowest BCUT2D eigenvalue weighted by molar-refractivity contribution is -0.148. The summed E-state index contributed by atoms with van der Waals surface area (Å²) in [6.45, 7) is 4.21. The summed E-state index contributed by atoms with van der Waals surface area (Å²) in [4.78, 5) is 11.4. The molecule has 0 saturated carbocycles. The van der Waals surface area contributed by atoms with Crippen molar-refractivity contribution in [3.63, 3.8) is 0 Å². The smallest absolute Gasteiger partial charge is 0.465 e. The molecule has 0 aliphatic carbocycles. The molecule has 0 radical (unpaired) electrons. The summed E-state index contributed by atoms with van der Waals surface area (Å²) in [6.07, 6.45) is 2.20. The van der Waals surface area contributed by atoms with Gasteiger partial charge >= 0.3 is 14.8 Å². The molecule has 0 saturated heterocycles. The second-order valence-corrected chi connectivity index (χ2v) is 9.17. The van der Waals surface area contributed by atoms with E-state index in [0.717, 1.165) is 6.42 Å². The van der Waals surface area contributed by atoms with E-state index in [1.807, 2.05) is 13.8 Å². The van der Waals surface area contributed by atoms with E-state index in [4.69, 9.17) is 22.6 Å². The summed E-state index contributed by atoms with van der Waals surface area (Å²) in [5, 5.41) is 0. The molecule has 0 aromatic heterocycles. The molecule has 0 aliphatic heterocycles. The van der Waals surface area contributed by atoms with Crippen LogP contribution in [0.1, 0.15) is 26.7 Å². The number of hydrogen-bond donors (Lipinski definition) is 1. The van der Waals surface area contributed by atoms with Gasteiger partial charge in [-0.25, -0.2) is 0 Å². The molecular weight excluding hydrogens is 332 g/mol. The van der Waals surface area contributed by atoms with Crippen molar-refractivity contribution >= 4 is 24.9 Å². The van der Waals surface area contributed by atoms with Crippen molar-refractivity contribution in [2.75, 3.05) is 34.2 Å². The predicted molar refractivity (Wildman–Crippen MR) is 84.1 cm³/mol. The largest absolute Gasteiger partial charge is 0.500 e. The monoisotopic (exact) mass is 360 g/mol. The molecule has 0 aliphatic rings. The fraction of sp³-hybridized carbons (Fsp3) is 0.917. The molecule has 0 spiro atoms. The van der Waals surface area contributed by atoms with E-state index in [1.54, 1.807) is 21.3 Å². The van der Waals surface area contributed by atoms with Crippen LogP contribution in [0.4, 0.5) is 0 Å². The number of esters is 1. The first kappa shape index (κ1) is 23.7. The van der Waals surface area contributed by atoms with E-state index in [2.05, 4.69) is 0 Å². The minimum absolute atomic E-state index is 0.0377. The fourth-order valence-corrected chi connectivity index (χ4v) is 3.02. The first-order valence-corrected chi connectivity index (χ1v) is 10.6. The van der Waals surface area contributed by atoms with Gasteiger partial charge < -0.3 is 18.0 Å². The Morgan fingerprint density at radius 2 is 1.59 bits per heavy atom. The zero-order valence-electron chi connectivity index (χ0n) is 14.1. The highest BCUT2D eigenvalue weighted by molar-refractivity contribution is 7.85. The highest BCUT2D eigenvalue weighted by Gasteiger charge is 2.37. The van der Waals surface area contributed by atoms with Gasteiger partial charge in [0, 0.05) is 27.4 Å². The van der Waals surface area contributed by atoms with Crippen LogP contribution >= 0.6 is 0 Å². The SMILES string of the molecule is CCC(C)C(=O)OCCC[Si](OC)(OC)OC.CS(=O)(=O)O. The van der Waals surface area contributed by atoms with Crippen LogP contribution in [0.2, 0.25) is 6.04 Å². The Hall–Kier alpha value is -0.523. The Balaban J connectivity index is 0. The Morgan fingerprint density at radius 3 is 1.91 bits per heavy atom. The molecule has 1 unspecified atom stereocenters. The van der Waals surface area contributed by atoms with Crippen molar-refractivity contribution in [1.29, 1.82) is 0 Å². The van der Waals surface area contributed by atoms with Crippen LogP contribution in [0, 0.1) is 5.92 Å². The zero-order valence-corrected chi connectivity index (χ0v) is 15.9. The van der Waals surface area contributed by atoms with Crippen LogP contribution in [0.3, 0.4) is 0 Å². The number of carbonyl (C=O) groups excluding carboxylic acids is 1. The molecular formula is C12H28O8SSi. The van der Waals surface area contributed by atoms with E-state index in [1.165, 1.54) is 0 Å². The normalized spacial score (nSPS) is 13.0. The van der Waals surface area contributed by atoms with Gasteiger partial charge in [-0.3, -0.25) is 9.35 Å². The van der Waals surface area contributed by atoms with E-state index in [0.29, 0.717) is 25.3 Å². The molecule has 22 heavy (non-hydrogen) atoms. The number of carbonyl (C=O) groups is 1. The van der Waals surface area contributed by atoms with Crippen LogP contribution in [0.5, 0.6) is 0 Å². The maximum Gasteiger partial charge on any atom is 0.500 e. The lowest BCUT2D eigenvalue weighted by atomic mass is 10.1. The first-order chi connectivity index (χ1) is 10.0. The third-order valence-corrected chi connectivity index (χ3v) is 5.65. The summed E-state index contributed by atoms with van der Waals surface area (Å²) in [6, 6.07) is 0.643. The lowest BCUT2D eigenvalue weighted by Gasteiger charge is -2.24. The fourth-order valence-electron chi connectivity index (χ4n) is 1.33. The minimum atomic E-state index is -3.67. The number of rotatable bonds is 9. The van der Waals surface area contributed by atoms with Gasteiger partial charge in [-0.1, -0.05) is 13.8 Å². The zero-order chi connectivity index (χ0) is 17.8. The van der Waals surface area contributed by atoms with Crippen molar-refractivity contribution in [3.8, 4) is 0 Å². The van der Waals surface area contributed by atoms with E-state index < -0.39 is 18.9 Å². The topological polar surface area (TPSA) is 108 Å². The van der Waals surface area contributed by atoms with Crippen molar-refractivity contribution in [3.05, 3.63) is 0 Å². The molecule has 134 valence electrons. The molecule has 0 aromatic rings. The molecule has 0 rings (SSSR count). The molecule has 10 heteroatoms. The van der Waals surface area contributed by atoms with Crippen molar-refractivity contribution in [1.82, 2.24) is 0 Å².